The molecule has 1 saturated heterocycles. The second-order valence-corrected chi connectivity index (χ2v) is 6.99. The third-order valence-electron chi connectivity index (χ3n) is 3.72. The maximum atomic E-state index is 12.5. The molecule has 1 aliphatic heterocycles. The SMILES string of the molecule is CCOC(=O)[C@@H](C)N1CCN(S(=O)(=O)c2cccnc2)CC1. The predicted octanol–water partition coefficient (Wildman–Crippen LogP) is 0.339. The predicted molar refractivity (Wildman–Crippen MR) is 80.7 cm³/mol. The number of rotatable bonds is 5. The summed E-state index contributed by atoms with van der Waals surface area (Å²) in [4.78, 5) is 17.7. The minimum atomic E-state index is -3.51. The second-order valence-electron chi connectivity index (χ2n) is 5.06. The van der Waals surface area contributed by atoms with Crippen LogP contribution in [0.5, 0.6) is 0 Å². The highest BCUT2D eigenvalue weighted by Gasteiger charge is 2.32. The van der Waals surface area contributed by atoms with Gasteiger partial charge < -0.3 is 4.74 Å². The van der Waals surface area contributed by atoms with Gasteiger partial charge >= 0.3 is 5.97 Å². The van der Waals surface area contributed by atoms with Crippen molar-refractivity contribution in [1.82, 2.24) is 14.2 Å². The van der Waals surface area contributed by atoms with Gasteiger partial charge in [0, 0.05) is 38.6 Å². The summed E-state index contributed by atoms with van der Waals surface area (Å²) in [6.45, 7) is 5.59. The number of carbonyl (C=O) groups excluding carboxylic acids is 1. The number of pyridine rings is 1. The molecule has 8 heteroatoms. The Morgan fingerprint density at radius 3 is 2.59 bits per heavy atom. The number of piperazine rings is 1. The maximum absolute atomic E-state index is 12.5. The molecule has 7 nitrogen and oxygen atoms in total. The molecule has 0 unspecified atom stereocenters. The summed E-state index contributed by atoms with van der Waals surface area (Å²) >= 11 is 0. The molecule has 1 aromatic heterocycles. The van der Waals surface area contributed by atoms with Crippen LogP contribution in [0.1, 0.15) is 13.8 Å². The summed E-state index contributed by atoms with van der Waals surface area (Å²) in [7, 11) is -3.51. The Morgan fingerprint density at radius 2 is 2.05 bits per heavy atom. The summed E-state index contributed by atoms with van der Waals surface area (Å²) < 4.78 is 31.4. The number of ether oxygens (including phenoxy) is 1. The third kappa shape index (κ3) is 3.63. The van der Waals surface area contributed by atoms with Crippen molar-refractivity contribution < 1.29 is 17.9 Å². The van der Waals surface area contributed by atoms with E-state index in [0.29, 0.717) is 32.8 Å². The van der Waals surface area contributed by atoms with Gasteiger partial charge in [0.2, 0.25) is 10.0 Å². The molecule has 0 radical (unpaired) electrons. The van der Waals surface area contributed by atoms with Crippen molar-refractivity contribution in [1.29, 1.82) is 0 Å². The fraction of sp³-hybridized carbons (Fsp3) is 0.571. The van der Waals surface area contributed by atoms with Crippen LogP contribution in [0.4, 0.5) is 0 Å². The van der Waals surface area contributed by atoms with Crippen LogP contribution in [0.2, 0.25) is 0 Å². The molecule has 0 saturated carbocycles. The molecule has 22 heavy (non-hydrogen) atoms. The fourth-order valence-electron chi connectivity index (χ4n) is 2.39. The molecular formula is C14H21N3O4S. The standard InChI is InChI=1S/C14H21N3O4S/c1-3-21-14(18)12(2)16-7-9-17(10-8-16)22(19,20)13-5-4-6-15-11-13/h4-6,11-12H,3,7-10H2,1-2H3/t12-/m1/s1. The smallest absolute Gasteiger partial charge is 0.323 e. The molecule has 0 aliphatic carbocycles. The lowest BCUT2D eigenvalue weighted by Gasteiger charge is -2.36. The molecule has 1 aliphatic rings. The molecular weight excluding hydrogens is 306 g/mol. The van der Waals surface area contributed by atoms with E-state index in [2.05, 4.69) is 4.98 Å². The Hall–Kier alpha value is -1.51. The van der Waals surface area contributed by atoms with Crippen molar-refractivity contribution >= 4 is 16.0 Å². The first-order chi connectivity index (χ1) is 10.5. The minimum Gasteiger partial charge on any atom is -0.465 e. The molecule has 0 N–H and O–H groups in total. The van der Waals surface area contributed by atoms with Crippen molar-refractivity contribution in [2.24, 2.45) is 0 Å². The van der Waals surface area contributed by atoms with Gasteiger partial charge in [0.1, 0.15) is 10.9 Å². The topological polar surface area (TPSA) is 79.8 Å². The lowest BCUT2D eigenvalue weighted by atomic mass is 10.2. The number of aromatic nitrogens is 1. The van der Waals surface area contributed by atoms with Gasteiger partial charge in [-0.05, 0) is 26.0 Å². The van der Waals surface area contributed by atoms with E-state index in [9.17, 15) is 13.2 Å². The van der Waals surface area contributed by atoms with Crippen LogP contribution in [-0.2, 0) is 19.6 Å². The summed E-state index contributed by atoms with van der Waals surface area (Å²) in [5.74, 6) is -0.272. The largest absolute Gasteiger partial charge is 0.465 e. The average molecular weight is 327 g/mol. The fourth-order valence-corrected chi connectivity index (χ4v) is 3.78. The van der Waals surface area contributed by atoms with Crippen LogP contribution in [0.25, 0.3) is 0 Å². The quantitative estimate of drug-likeness (QED) is 0.726. The van der Waals surface area contributed by atoms with E-state index >= 15 is 0 Å². The number of hydrogen-bond donors (Lipinski definition) is 0. The number of nitrogens with zero attached hydrogens (tertiary/aromatic N) is 3. The Kier molecular flexibility index (Phi) is 5.49. The van der Waals surface area contributed by atoms with Crippen molar-refractivity contribution in [3.05, 3.63) is 24.5 Å². The van der Waals surface area contributed by atoms with Gasteiger partial charge in [0.25, 0.3) is 0 Å². The van der Waals surface area contributed by atoms with Gasteiger partial charge in [-0.3, -0.25) is 14.7 Å². The lowest BCUT2D eigenvalue weighted by Crippen LogP contribution is -2.53. The maximum Gasteiger partial charge on any atom is 0.323 e. The minimum absolute atomic E-state index is 0.196. The molecule has 0 spiro atoms. The van der Waals surface area contributed by atoms with E-state index in [-0.39, 0.29) is 16.9 Å². The molecule has 1 atom stereocenters. The number of esters is 1. The normalized spacial score (nSPS) is 18.8. The molecule has 1 aromatic rings. The summed E-state index contributed by atoms with van der Waals surface area (Å²) in [5, 5.41) is 0. The van der Waals surface area contributed by atoms with Crippen molar-refractivity contribution in [3.8, 4) is 0 Å². The molecule has 0 bridgehead atoms. The summed E-state index contributed by atoms with van der Waals surface area (Å²) in [6.07, 6.45) is 2.89. The zero-order chi connectivity index (χ0) is 16.2. The van der Waals surface area contributed by atoms with Crippen LogP contribution >= 0.6 is 0 Å². The first-order valence-electron chi connectivity index (χ1n) is 7.27. The zero-order valence-electron chi connectivity index (χ0n) is 12.8. The van der Waals surface area contributed by atoms with E-state index in [4.69, 9.17) is 4.74 Å². The Labute approximate surface area is 130 Å². The van der Waals surface area contributed by atoms with Gasteiger partial charge in [-0.1, -0.05) is 0 Å². The number of carbonyl (C=O) groups is 1. The number of hydrogen-bond acceptors (Lipinski definition) is 6. The highest BCUT2D eigenvalue weighted by atomic mass is 32.2. The average Bonchev–Trinajstić information content (AvgIpc) is 2.55. The Balaban J connectivity index is 1.99. The van der Waals surface area contributed by atoms with Crippen LogP contribution in [0, 0.1) is 0 Å². The van der Waals surface area contributed by atoms with Crippen molar-refractivity contribution in [3.63, 3.8) is 0 Å². The molecule has 1 fully saturated rings. The van der Waals surface area contributed by atoms with Gasteiger partial charge in [0.15, 0.2) is 0 Å². The van der Waals surface area contributed by atoms with E-state index in [1.54, 1.807) is 19.9 Å². The van der Waals surface area contributed by atoms with Gasteiger partial charge in [0.05, 0.1) is 6.61 Å². The lowest BCUT2D eigenvalue weighted by molar-refractivity contribution is -0.149. The second kappa shape index (κ2) is 7.17. The van der Waals surface area contributed by atoms with E-state index in [1.165, 1.54) is 22.8 Å². The van der Waals surface area contributed by atoms with Gasteiger partial charge in [-0.25, -0.2) is 8.42 Å². The Morgan fingerprint density at radius 1 is 1.36 bits per heavy atom. The molecule has 2 rings (SSSR count). The van der Waals surface area contributed by atoms with Crippen LogP contribution < -0.4 is 0 Å². The highest BCUT2D eigenvalue weighted by Crippen LogP contribution is 2.17. The molecule has 0 amide bonds. The molecule has 122 valence electrons. The zero-order valence-corrected chi connectivity index (χ0v) is 13.6. The van der Waals surface area contributed by atoms with Gasteiger partial charge in [-0.15, -0.1) is 0 Å². The van der Waals surface area contributed by atoms with E-state index in [1.807, 2.05) is 4.90 Å². The van der Waals surface area contributed by atoms with Crippen LogP contribution in [0.15, 0.2) is 29.4 Å². The third-order valence-corrected chi connectivity index (χ3v) is 5.60. The van der Waals surface area contributed by atoms with E-state index < -0.39 is 10.0 Å². The number of sulfonamides is 1. The monoisotopic (exact) mass is 327 g/mol. The summed E-state index contributed by atoms with van der Waals surface area (Å²) in [5.41, 5.74) is 0. The molecule has 0 aromatic carbocycles. The van der Waals surface area contributed by atoms with Gasteiger partial charge in [-0.2, -0.15) is 4.31 Å². The Bertz CT molecular complexity index is 598. The summed E-state index contributed by atoms with van der Waals surface area (Å²) in [6, 6.07) is 2.78. The first-order valence-corrected chi connectivity index (χ1v) is 8.71. The van der Waals surface area contributed by atoms with Crippen molar-refractivity contribution in [2.45, 2.75) is 24.8 Å². The van der Waals surface area contributed by atoms with Crippen LogP contribution in [0.3, 0.4) is 0 Å². The van der Waals surface area contributed by atoms with Crippen molar-refractivity contribution in [2.75, 3.05) is 32.8 Å². The van der Waals surface area contributed by atoms with Crippen LogP contribution in [-0.4, -0.2) is 67.4 Å². The van der Waals surface area contributed by atoms with E-state index in [0.717, 1.165) is 0 Å². The highest BCUT2D eigenvalue weighted by molar-refractivity contribution is 7.89. The molecule has 2 heterocycles. The first kappa shape index (κ1) is 16.9.